The number of aromatic nitrogens is 1. The Labute approximate surface area is 111 Å². The Bertz CT molecular complexity index is 525. The van der Waals surface area contributed by atoms with E-state index >= 15 is 0 Å². The van der Waals surface area contributed by atoms with Crippen LogP contribution in [0.5, 0.6) is 0 Å². The van der Waals surface area contributed by atoms with Gasteiger partial charge < -0.3 is 14.3 Å². The van der Waals surface area contributed by atoms with Crippen molar-refractivity contribution in [3.63, 3.8) is 0 Å². The van der Waals surface area contributed by atoms with Gasteiger partial charge in [-0.05, 0) is 19.3 Å². The summed E-state index contributed by atoms with van der Waals surface area (Å²) in [6.07, 6.45) is 0.967. The summed E-state index contributed by atoms with van der Waals surface area (Å²) >= 11 is 0. The van der Waals surface area contributed by atoms with Gasteiger partial charge in [0, 0.05) is 32.7 Å². The van der Waals surface area contributed by atoms with Gasteiger partial charge in [-0.1, -0.05) is 5.16 Å². The van der Waals surface area contributed by atoms with Crippen LogP contribution in [0.4, 0.5) is 0 Å². The first-order valence-electron chi connectivity index (χ1n) is 6.54. The molecule has 0 bridgehead atoms. The molecule has 2 aliphatic heterocycles. The topological polar surface area (TPSA) is 66.7 Å². The molecular formula is C13H17N3O3. The fraction of sp³-hybridized carbons (Fsp3) is 0.615. The van der Waals surface area contributed by atoms with E-state index in [0.29, 0.717) is 30.5 Å². The predicted octanol–water partition coefficient (Wildman–Crippen LogP) is 0.533. The van der Waals surface area contributed by atoms with Gasteiger partial charge in [0.2, 0.25) is 5.91 Å². The molecule has 2 fully saturated rings. The first kappa shape index (κ1) is 12.2. The van der Waals surface area contributed by atoms with E-state index in [4.69, 9.17) is 4.52 Å². The third kappa shape index (κ3) is 2.01. The minimum Gasteiger partial charge on any atom is -0.361 e. The third-order valence-electron chi connectivity index (χ3n) is 4.10. The van der Waals surface area contributed by atoms with Crippen molar-refractivity contribution in [1.82, 2.24) is 15.0 Å². The van der Waals surface area contributed by atoms with Crippen molar-refractivity contribution in [3.05, 3.63) is 17.5 Å². The van der Waals surface area contributed by atoms with E-state index in [9.17, 15) is 9.59 Å². The van der Waals surface area contributed by atoms with Crippen LogP contribution in [-0.2, 0) is 4.79 Å². The molecule has 0 saturated carbocycles. The highest BCUT2D eigenvalue weighted by molar-refractivity contribution is 5.93. The molecule has 0 spiro atoms. The summed E-state index contributed by atoms with van der Waals surface area (Å²) in [7, 11) is 1.82. The average molecular weight is 263 g/mol. The Morgan fingerprint density at radius 3 is 2.95 bits per heavy atom. The van der Waals surface area contributed by atoms with E-state index in [2.05, 4.69) is 5.16 Å². The third-order valence-corrected chi connectivity index (χ3v) is 4.10. The van der Waals surface area contributed by atoms with Crippen LogP contribution >= 0.6 is 0 Å². The Kier molecular flexibility index (Phi) is 2.80. The number of likely N-dealkylation sites (tertiary alicyclic amines) is 2. The molecular weight excluding hydrogens is 246 g/mol. The van der Waals surface area contributed by atoms with Gasteiger partial charge >= 0.3 is 0 Å². The Morgan fingerprint density at radius 1 is 1.47 bits per heavy atom. The maximum atomic E-state index is 12.3. The molecule has 102 valence electrons. The van der Waals surface area contributed by atoms with E-state index in [-0.39, 0.29) is 17.7 Å². The van der Waals surface area contributed by atoms with Gasteiger partial charge in [-0.15, -0.1) is 0 Å². The standard InChI is InChI=1S/C13H17N3O3/c1-8-5-11(14-19-8)13(18)16-6-9-3-4-15(2)12(17)10(9)7-16/h5,9-10H,3-4,6-7H2,1-2H3/t9-,10+/m1/s1. The van der Waals surface area contributed by atoms with Crippen LogP contribution in [0.25, 0.3) is 0 Å². The molecule has 3 heterocycles. The number of amides is 2. The lowest BCUT2D eigenvalue weighted by atomic mass is 9.88. The lowest BCUT2D eigenvalue weighted by Crippen LogP contribution is -2.42. The van der Waals surface area contributed by atoms with Crippen LogP contribution in [0.1, 0.15) is 22.7 Å². The van der Waals surface area contributed by atoms with Gasteiger partial charge in [-0.2, -0.15) is 0 Å². The molecule has 2 saturated heterocycles. The second-order valence-corrected chi connectivity index (χ2v) is 5.45. The molecule has 0 N–H and O–H groups in total. The summed E-state index contributed by atoms with van der Waals surface area (Å²) in [5, 5.41) is 3.75. The average Bonchev–Trinajstić information content (AvgIpc) is 2.99. The molecule has 6 nitrogen and oxygen atoms in total. The summed E-state index contributed by atoms with van der Waals surface area (Å²) in [6, 6.07) is 1.64. The number of piperidine rings is 1. The zero-order chi connectivity index (χ0) is 13.6. The summed E-state index contributed by atoms with van der Waals surface area (Å²) in [4.78, 5) is 27.8. The van der Waals surface area contributed by atoms with E-state index < -0.39 is 0 Å². The second kappa shape index (κ2) is 4.36. The zero-order valence-electron chi connectivity index (χ0n) is 11.1. The molecule has 0 aromatic carbocycles. The monoisotopic (exact) mass is 263 g/mol. The fourth-order valence-corrected chi connectivity index (χ4v) is 2.99. The smallest absolute Gasteiger partial charge is 0.276 e. The lowest BCUT2D eigenvalue weighted by Gasteiger charge is -2.30. The van der Waals surface area contributed by atoms with Crippen molar-refractivity contribution in [2.75, 3.05) is 26.7 Å². The summed E-state index contributed by atoms with van der Waals surface area (Å²) in [6.45, 7) is 3.69. The normalized spacial score (nSPS) is 26.7. The number of carbonyl (C=O) groups excluding carboxylic acids is 2. The largest absolute Gasteiger partial charge is 0.361 e. The van der Waals surface area contributed by atoms with Crippen molar-refractivity contribution in [2.45, 2.75) is 13.3 Å². The van der Waals surface area contributed by atoms with Crippen LogP contribution in [0.2, 0.25) is 0 Å². The van der Waals surface area contributed by atoms with Gasteiger partial charge in [0.05, 0.1) is 5.92 Å². The number of hydrogen-bond donors (Lipinski definition) is 0. The lowest BCUT2D eigenvalue weighted by molar-refractivity contribution is -0.137. The highest BCUT2D eigenvalue weighted by Gasteiger charge is 2.43. The van der Waals surface area contributed by atoms with Crippen LogP contribution in [-0.4, -0.2) is 53.5 Å². The van der Waals surface area contributed by atoms with Crippen LogP contribution in [0, 0.1) is 18.8 Å². The fourth-order valence-electron chi connectivity index (χ4n) is 2.99. The van der Waals surface area contributed by atoms with Crippen molar-refractivity contribution in [1.29, 1.82) is 0 Å². The summed E-state index contributed by atoms with van der Waals surface area (Å²) in [5.74, 6) is 0.886. The molecule has 2 atom stereocenters. The van der Waals surface area contributed by atoms with Gasteiger partial charge in [0.1, 0.15) is 5.76 Å². The van der Waals surface area contributed by atoms with Crippen molar-refractivity contribution < 1.29 is 14.1 Å². The highest BCUT2D eigenvalue weighted by Crippen LogP contribution is 2.32. The molecule has 0 unspecified atom stereocenters. The molecule has 19 heavy (non-hydrogen) atoms. The Balaban J connectivity index is 1.75. The molecule has 1 aromatic rings. The number of fused-ring (bicyclic) bond motifs is 1. The summed E-state index contributed by atoms with van der Waals surface area (Å²) in [5.41, 5.74) is 0.331. The maximum absolute atomic E-state index is 12.3. The highest BCUT2D eigenvalue weighted by atomic mass is 16.5. The minimum atomic E-state index is -0.137. The first-order chi connectivity index (χ1) is 9.06. The van der Waals surface area contributed by atoms with E-state index in [0.717, 1.165) is 13.0 Å². The van der Waals surface area contributed by atoms with E-state index in [1.165, 1.54) is 0 Å². The van der Waals surface area contributed by atoms with Gasteiger partial charge in [0.25, 0.3) is 5.91 Å². The number of hydrogen-bond acceptors (Lipinski definition) is 4. The van der Waals surface area contributed by atoms with Gasteiger partial charge in [-0.3, -0.25) is 9.59 Å². The number of carbonyl (C=O) groups is 2. The van der Waals surface area contributed by atoms with Crippen LogP contribution < -0.4 is 0 Å². The minimum absolute atomic E-state index is 0.0457. The molecule has 3 rings (SSSR count). The van der Waals surface area contributed by atoms with Gasteiger partial charge in [0.15, 0.2) is 5.69 Å². The molecule has 2 aliphatic rings. The van der Waals surface area contributed by atoms with Crippen molar-refractivity contribution >= 4 is 11.8 Å². The quantitative estimate of drug-likeness (QED) is 0.741. The van der Waals surface area contributed by atoms with Crippen molar-refractivity contribution in [3.8, 4) is 0 Å². The van der Waals surface area contributed by atoms with Gasteiger partial charge in [-0.25, -0.2) is 0 Å². The molecule has 0 aliphatic carbocycles. The molecule has 1 aromatic heterocycles. The first-order valence-corrected chi connectivity index (χ1v) is 6.54. The molecule has 0 radical (unpaired) electrons. The second-order valence-electron chi connectivity index (χ2n) is 5.45. The molecule has 2 amide bonds. The zero-order valence-corrected chi connectivity index (χ0v) is 11.1. The maximum Gasteiger partial charge on any atom is 0.276 e. The Morgan fingerprint density at radius 2 is 2.26 bits per heavy atom. The van der Waals surface area contributed by atoms with E-state index in [1.807, 2.05) is 7.05 Å². The number of aryl methyl sites for hydroxylation is 1. The van der Waals surface area contributed by atoms with Crippen LogP contribution in [0.3, 0.4) is 0 Å². The number of nitrogens with zero attached hydrogens (tertiary/aromatic N) is 3. The SMILES string of the molecule is Cc1cc(C(=O)N2C[C@H]3CCN(C)C(=O)[C@H]3C2)no1. The number of rotatable bonds is 1. The van der Waals surface area contributed by atoms with Crippen molar-refractivity contribution in [2.24, 2.45) is 11.8 Å². The Hall–Kier alpha value is -1.85. The summed E-state index contributed by atoms with van der Waals surface area (Å²) < 4.78 is 4.93. The predicted molar refractivity (Wildman–Crippen MR) is 66.4 cm³/mol. The molecule has 6 heteroatoms. The van der Waals surface area contributed by atoms with Crippen LogP contribution in [0.15, 0.2) is 10.6 Å². The van der Waals surface area contributed by atoms with E-state index in [1.54, 1.807) is 22.8 Å².